The number of aromatic nitrogens is 1. The molecule has 104 valence electrons. The van der Waals surface area contributed by atoms with Gasteiger partial charge in [-0.3, -0.25) is 4.79 Å². The van der Waals surface area contributed by atoms with E-state index in [-0.39, 0.29) is 11.6 Å². The Labute approximate surface area is 124 Å². The minimum absolute atomic E-state index is 0.253. The quantitative estimate of drug-likeness (QED) is 0.793. The number of sulfone groups is 1. The zero-order valence-corrected chi connectivity index (χ0v) is 13.5. The van der Waals surface area contributed by atoms with Gasteiger partial charge in [0.05, 0.1) is 0 Å². The molecule has 0 saturated carbocycles. The number of rotatable bonds is 2. The molecule has 1 aromatic heterocycles. The van der Waals surface area contributed by atoms with E-state index in [4.69, 9.17) is 0 Å². The Morgan fingerprint density at radius 3 is 2.95 bits per heavy atom. The van der Waals surface area contributed by atoms with Gasteiger partial charge in [-0.1, -0.05) is 0 Å². The molecule has 19 heavy (non-hydrogen) atoms. The summed E-state index contributed by atoms with van der Waals surface area (Å²) in [6.45, 7) is 0.421. The van der Waals surface area contributed by atoms with E-state index in [0.717, 1.165) is 12.0 Å². The van der Waals surface area contributed by atoms with Crippen molar-refractivity contribution >= 4 is 43.4 Å². The van der Waals surface area contributed by atoms with Gasteiger partial charge < -0.3 is 4.90 Å². The maximum atomic E-state index is 12.4. The van der Waals surface area contributed by atoms with Gasteiger partial charge in [0.15, 0.2) is 9.84 Å². The summed E-state index contributed by atoms with van der Waals surface area (Å²) in [6, 6.07) is 3.43. The van der Waals surface area contributed by atoms with E-state index in [2.05, 4.69) is 20.9 Å². The number of nitrogens with zero attached hydrogens (tertiary/aromatic N) is 2. The first-order valence-electron chi connectivity index (χ1n) is 5.59. The standard InChI is InChI=1S/C11H13BrN2O3S2/c1-19(16,17)9-7-18-6-5-14(9)11(15)10-8(12)3-2-4-13-10/h2-4,9H,5-7H2,1H3. The number of hydrogen-bond donors (Lipinski definition) is 0. The summed E-state index contributed by atoms with van der Waals surface area (Å²) >= 11 is 4.81. The van der Waals surface area contributed by atoms with Crippen molar-refractivity contribution in [1.82, 2.24) is 9.88 Å². The predicted octanol–water partition coefficient (Wildman–Crippen LogP) is 1.40. The van der Waals surface area contributed by atoms with Crippen molar-refractivity contribution in [2.75, 3.05) is 24.3 Å². The first kappa shape index (κ1) is 14.8. The zero-order valence-electron chi connectivity index (χ0n) is 10.2. The second-order valence-electron chi connectivity index (χ2n) is 4.19. The molecule has 1 aromatic rings. The Kier molecular flexibility index (Phi) is 4.52. The van der Waals surface area contributed by atoms with Crippen LogP contribution in [0.25, 0.3) is 0 Å². The molecule has 0 radical (unpaired) electrons. The average Bonchev–Trinajstić information content (AvgIpc) is 2.37. The van der Waals surface area contributed by atoms with Gasteiger partial charge in [-0.05, 0) is 28.1 Å². The van der Waals surface area contributed by atoms with Gasteiger partial charge in [-0.25, -0.2) is 13.4 Å². The van der Waals surface area contributed by atoms with Crippen LogP contribution in [0.1, 0.15) is 10.5 Å². The third-order valence-corrected chi connectivity index (χ3v) is 6.08. The fourth-order valence-electron chi connectivity index (χ4n) is 1.85. The first-order chi connectivity index (χ1) is 8.91. The zero-order chi connectivity index (χ0) is 14.0. The number of halogens is 1. The summed E-state index contributed by atoms with van der Waals surface area (Å²) in [5.74, 6) is 0.806. The smallest absolute Gasteiger partial charge is 0.274 e. The third-order valence-electron chi connectivity index (χ3n) is 2.80. The van der Waals surface area contributed by atoms with E-state index >= 15 is 0 Å². The van der Waals surface area contributed by atoms with E-state index in [1.54, 1.807) is 23.9 Å². The third kappa shape index (κ3) is 3.29. The van der Waals surface area contributed by atoms with Crippen LogP contribution in [0.3, 0.4) is 0 Å². The summed E-state index contributed by atoms with van der Waals surface area (Å²) < 4.78 is 24.1. The Morgan fingerprint density at radius 1 is 1.58 bits per heavy atom. The van der Waals surface area contributed by atoms with Crippen molar-refractivity contribution in [2.45, 2.75) is 5.37 Å². The fraction of sp³-hybridized carbons (Fsp3) is 0.455. The number of thioether (sulfide) groups is 1. The molecule has 1 aliphatic rings. The molecule has 1 amide bonds. The number of carbonyl (C=O) groups excluding carboxylic acids is 1. The maximum absolute atomic E-state index is 12.4. The van der Waals surface area contributed by atoms with E-state index in [9.17, 15) is 13.2 Å². The summed E-state index contributed by atoms with van der Waals surface area (Å²) in [6.07, 6.45) is 2.68. The number of hydrogen-bond acceptors (Lipinski definition) is 5. The van der Waals surface area contributed by atoms with Gasteiger partial charge >= 0.3 is 0 Å². The topological polar surface area (TPSA) is 67.3 Å². The van der Waals surface area contributed by atoms with Crippen molar-refractivity contribution < 1.29 is 13.2 Å². The van der Waals surface area contributed by atoms with Crippen LogP contribution in [-0.2, 0) is 9.84 Å². The lowest BCUT2D eigenvalue weighted by atomic mass is 10.3. The lowest BCUT2D eigenvalue weighted by Gasteiger charge is -2.33. The lowest BCUT2D eigenvalue weighted by molar-refractivity contribution is 0.0742. The van der Waals surface area contributed by atoms with Crippen LogP contribution in [0, 0.1) is 0 Å². The molecule has 1 aliphatic heterocycles. The van der Waals surface area contributed by atoms with Gasteiger partial charge in [-0.2, -0.15) is 11.8 Å². The minimum Gasteiger partial charge on any atom is -0.319 e. The molecule has 0 spiro atoms. The SMILES string of the molecule is CS(=O)(=O)C1CSCCN1C(=O)c1ncccc1Br. The second kappa shape index (κ2) is 5.80. The number of amides is 1. The van der Waals surface area contributed by atoms with Crippen molar-refractivity contribution in [3.63, 3.8) is 0 Å². The molecule has 0 aliphatic carbocycles. The van der Waals surface area contributed by atoms with E-state index < -0.39 is 15.2 Å². The van der Waals surface area contributed by atoms with Crippen LogP contribution in [0.15, 0.2) is 22.8 Å². The monoisotopic (exact) mass is 364 g/mol. The van der Waals surface area contributed by atoms with Gasteiger partial charge in [0.2, 0.25) is 0 Å². The van der Waals surface area contributed by atoms with E-state index in [1.807, 2.05) is 0 Å². The van der Waals surface area contributed by atoms with Crippen molar-refractivity contribution in [2.24, 2.45) is 0 Å². The Balaban J connectivity index is 2.34. The predicted molar refractivity (Wildman–Crippen MR) is 78.9 cm³/mol. The molecule has 1 saturated heterocycles. The molecule has 0 aromatic carbocycles. The van der Waals surface area contributed by atoms with Crippen LogP contribution in [0.2, 0.25) is 0 Å². The van der Waals surface area contributed by atoms with Crippen LogP contribution >= 0.6 is 27.7 Å². The fourth-order valence-corrected chi connectivity index (χ4v) is 5.09. The first-order valence-corrected chi connectivity index (χ1v) is 9.49. The van der Waals surface area contributed by atoms with E-state index in [1.165, 1.54) is 11.1 Å². The van der Waals surface area contributed by atoms with Gasteiger partial charge in [0.25, 0.3) is 5.91 Å². The summed E-state index contributed by atoms with van der Waals surface area (Å²) in [5, 5.41) is -0.771. The minimum atomic E-state index is -3.30. The summed E-state index contributed by atoms with van der Waals surface area (Å²) in [4.78, 5) is 17.9. The van der Waals surface area contributed by atoms with Crippen molar-refractivity contribution in [3.8, 4) is 0 Å². The van der Waals surface area contributed by atoms with Crippen molar-refractivity contribution in [3.05, 3.63) is 28.5 Å². The second-order valence-corrected chi connectivity index (χ2v) is 8.40. The van der Waals surface area contributed by atoms with Crippen LogP contribution in [0.5, 0.6) is 0 Å². The highest BCUT2D eigenvalue weighted by Crippen LogP contribution is 2.24. The molecular formula is C11H13BrN2O3S2. The van der Waals surface area contributed by atoms with Crippen LogP contribution in [-0.4, -0.2) is 53.9 Å². The van der Waals surface area contributed by atoms with Gasteiger partial charge in [0.1, 0.15) is 11.1 Å². The van der Waals surface area contributed by atoms with Gasteiger partial charge in [-0.15, -0.1) is 0 Å². The molecule has 2 rings (SSSR count). The molecule has 1 fully saturated rings. The van der Waals surface area contributed by atoms with Crippen LogP contribution in [0.4, 0.5) is 0 Å². The molecule has 0 bridgehead atoms. The molecule has 5 nitrogen and oxygen atoms in total. The Morgan fingerprint density at radius 2 is 2.32 bits per heavy atom. The Hall–Kier alpha value is -0.600. The van der Waals surface area contributed by atoms with Crippen LogP contribution < -0.4 is 0 Å². The molecular weight excluding hydrogens is 352 g/mol. The highest BCUT2D eigenvalue weighted by molar-refractivity contribution is 9.10. The lowest BCUT2D eigenvalue weighted by Crippen LogP contribution is -2.50. The van der Waals surface area contributed by atoms with E-state index in [0.29, 0.717) is 16.8 Å². The molecule has 1 atom stereocenters. The molecule has 2 heterocycles. The summed E-state index contributed by atoms with van der Waals surface area (Å²) in [5.41, 5.74) is 0.253. The molecule has 8 heteroatoms. The Bertz CT molecular complexity index is 591. The number of pyridine rings is 1. The van der Waals surface area contributed by atoms with Crippen molar-refractivity contribution in [1.29, 1.82) is 0 Å². The average molecular weight is 365 g/mol. The highest BCUT2D eigenvalue weighted by atomic mass is 79.9. The highest BCUT2D eigenvalue weighted by Gasteiger charge is 2.35. The maximum Gasteiger partial charge on any atom is 0.274 e. The molecule has 0 N–H and O–H groups in total. The molecule has 1 unspecified atom stereocenters. The summed E-state index contributed by atoms with van der Waals surface area (Å²) in [7, 11) is -3.30. The largest absolute Gasteiger partial charge is 0.319 e. The normalized spacial score (nSPS) is 20.3. The van der Waals surface area contributed by atoms with Gasteiger partial charge in [0, 0.05) is 35.0 Å². The number of carbonyl (C=O) groups is 1.